The lowest BCUT2D eigenvalue weighted by atomic mass is 10.2. The Kier molecular flexibility index (Phi) is 5.51. The number of nitrogens with zero attached hydrogens (tertiary/aromatic N) is 2. The van der Waals surface area contributed by atoms with E-state index < -0.39 is 11.6 Å². The van der Waals surface area contributed by atoms with Crippen molar-refractivity contribution in [2.24, 2.45) is 0 Å². The number of aromatic nitrogens is 2. The highest BCUT2D eigenvalue weighted by atomic mass is 35.5. The summed E-state index contributed by atoms with van der Waals surface area (Å²) >= 11 is 0. The molecular formula is C14H18ClF2N3. The third-order valence-electron chi connectivity index (χ3n) is 2.85. The molecule has 0 atom stereocenters. The van der Waals surface area contributed by atoms with Crippen LogP contribution in [-0.4, -0.2) is 9.78 Å². The van der Waals surface area contributed by atoms with E-state index >= 15 is 0 Å². The molecule has 0 spiro atoms. The van der Waals surface area contributed by atoms with Gasteiger partial charge in [0.25, 0.3) is 0 Å². The number of hydrogen-bond donors (Lipinski definition) is 1. The first-order valence-electron chi connectivity index (χ1n) is 6.20. The molecule has 0 aliphatic rings. The van der Waals surface area contributed by atoms with Crippen LogP contribution in [0.3, 0.4) is 0 Å². The summed E-state index contributed by atoms with van der Waals surface area (Å²) in [6.45, 7) is 6.34. The Morgan fingerprint density at radius 2 is 1.80 bits per heavy atom. The average Bonchev–Trinajstić information content (AvgIpc) is 2.67. The van der Waals surface area contributed by atoms with Gasteiger partial charge in [-0.25, -0.2) is 8.78 Å². The molecule has 0 fully saturated rings. The van der Waals surface area contributed by atoms with E-state index in [1.165, 1.54) is 12.1 Å². The van der Waals surface area contributed by atoms with E-state index in [2.05, 4.69) is 10.4 Å². The molecule has 20 heavy (non-hydrogen) atoms. The minimum Gasteiger partial charge on any atom is -0.378 e. The van der Waals surface area contributed by atoms with Crippen LogP contribution in [0.4, 0.5) is 14.5 Å². The fraction of sp³-hybridized carbons (Fsp3) is 0.357. The van der Waals surface area contributed by atoms with Gasteiger partial charge in [0.1, 0.15) is 11.6 Å². The Hall–Kier alpha value is -1.62. The molecule has 0 aliphatic carbocycles. The third-order valence-corrected chi connectivity index (χ3v) is 2.85. The molecule has 0 unspecified atom stereocenters. The number of aryl methyl sites for hydroxylation is 1. The Morgan fingerprint density at radius 1 is 1.20 bits per heavy atom. The molecule has 0 amide bonds. The maximum absolute atomic E-state index is 13.1. The first-order valence-corrected chi connectivity index (χ1v) is 6.20. The van der Waals surface area contributed by atoms with Crippen molar-refractivity contribution in [3.63, 3.8) is 0 Å². The highest BCUT2D eigenvalue weighted by Gasteiger charge is 2.07. The zero-order valence-electron chi connectivity index (χ0n) is 11.7. The van der Waals surface area contributed by atoms with E-state index in [-0.39, 0.29) is 18.4 Å². The molecule has 3 nitrogen and oxygen atoms in total. The van der Waals surface area contributed by atoms with Crippen LogP contribution in [0, 0.1) is 18.6 Å². The lowest BCUT2D eigenvalue weighted by molar-refractivity contribution is 0.529. The van der Waals surface area contributed by atoms with Crippen LogP contribution in [0.5, 0.6) is 0 Å². The summed E-state index contributed by atoms with van der Waals surface area (Å²) in [6, 6.07) is 3.78. The quantitative estimate of drug-likeness (QED) is 0.922. The zero-order valence-corrected chi connectivity index (χ0v) is 12.5. The standard InChI is InChI=1S/C14H17F2N3.ClH/c1-9(2)19-8-14(10(3)18-19)17-7-11-4-12(15)6-13(16)5-11;/h4-6,8-9,17H,7H2,1-3H3;1H. The van der Waals surface area contributed by atoms with Crippen LogP contribution >= 0.6 is 12.4 Å². The minimum atomic E-state index is -0.564. The first-order chi connectivity index (χ1) is 8.95. The van der Waals surface area contributed by atoms with E-state index in [9.17, 15) is 8.78 Å². The molecule has 0 aliphatic heterocycles. The Bertz CT molecular complexity index is 562. The number of halogens is 3. The lowest BCUT2D eigenvalue weighted by Gasteiger charge is -2.06. The predicted molar refractivity (Wildman–Crippen MR) is 78.3 cm³/mol. The Labute approximate surface area is 123 Å². The molecule has 6 heteroatoms. The van der Waals surface area contributed by atoms with Crippen LogP contribution in [-0.2, 0) is 6.54 Å². The third kappa shape index (κ3) is 3.93. The average molecular weight is 302 g/mol. The smallest absolute Gasteiger partial charge is 0.126 e. The molecule has 110 valence electrons. The highest BCUT2D eigenvalue weighted by Crippen LogP contribution is 2.17. The first kappa shape index (κ1) is 16.4. The molecule has 2 rings (SSSR count). The number of rotatable bonds is 4. The topological polar surface area (TPSA) is 29.9 Å². The molecule has 1 heterocycles. The largest absolute Gasteiger partial charge is 0.378 e. The maximum Gasteiger partial charge on any atom is 0.126 e. The lowest BCUT2D eigenvalue weighted by Crippen LogP contribution is -2.01. The van der Waals surface area contributed by atoms with Crippen LogP contribution < -0.4 is 5.32 Å². The summed E-state index contributed by atoms with van der Waals surface area (Å²) in [5.41, 5.74) is 2.30. The predicted octanol–water partition coefficient (Wildman–Crippen LogP) is 4.08. The van der Waals surface area contributed by atoms with Crippen molar-refractivity contribution in [2.45, 2.75) is 33.4 Å². The van der Waals surface area contributed by atoms with Crippen molar-refractivity contribution >= 4 is 18.1 Å². The van der Waals surface area contributed by atoms with Gasteiger partial charge in [0, 0.05) is 24.8 Å². The molecular weight excluding hydrogens is 284 g/mol. The van der Waals surface area contributed by atoms with Crippen molar-refractivity contribution in [2.75, 3.05) is 5.32 Å². The van der Waals surface area contributed by atoms with Crippen molar-refractivity contribution in [3.05, 3.63) is 47.3 Å². The van der Waals surface area contributed by atoms with Crippen molar-refractivity contribution in [1.82, 2.24) is 9.78 Å². The van der Waals surface area contributed by atoms with Gasteiger partial charge in [0.05, 0.1) is 11.4 Å². The number of benzene rings is 1. The number of anilines is 1. The molecule has 1 N–H and O–H groups in total. The second kappa shape index (κ2) is 6.70. The molecule has 0 bridgehead atoms. The van der Waals surface area contributed by atoms with Crippen LogP contribution in [0.2, 0.25) is 0 Å². The van der Waals surface area contributed by atoms with Gasteiger partial charge < -0.3 is 5.32 Å². The number of nitrogens with one attached hydrogen (secondary N) is 1. The molecule has 2 aromatic rings. The van der Waals surface area contributed by atoms with Gasteiger partial charge in [0.2, 0.25) is 0 Å². The summed E-state index contributed by atoms with van der Waals surface area (Å²) in [5, 5.41) is 7.51. The van der Waals surface area contributed by atoms with E-state index in [4.69, 9.17) is 0 Å². The van der Waals surface area contributed by atoms with Gasteiger partial charge >= 0.3 is 0 Å². The minimum absolute atomic E-state index is 0. The highest BCUT2D eigenvalue weighted by molar-refractivity contribution is 5.85. The van der Waals surface area contributed by atoms with Gasteiger partial charge in [0.15, 0.2) is 0 Å². The summed E-state index contributed by atoms with van der Waals surface area (Å²) in [6.07, 6.45) is 1.90. The monoisotopic (exact) mass is 301 g/mol. The van der Waals surface area contributed by atoms with Gasteiger partial charge in [-0.1, -0.05) is 0 Å². The maximum atomic E-state index is 13.1. The second-order valence-corrected chi connectivity index (χ2v) is 4.83. The van der Waals surface area contributed by atoms with Gasteiger partial charge in [-0.2, -0.15) is 5.10 Å². The summed E-state index contributed by atoms with van der Waals surface area (Å²) < 4.78 is 28.0. The fourth-order valence-corrected chi connectivity index (χ4v) is 1.83. The molecule has 0 saturated heterocycles. The second-order valence-electron chi connectivity index (χ2n) is 4.83. The SMILES string of the molecule is Cc1nn(C(C)C)cc1NCc1cc(F)cc(F)c1.Cl. The number of hydrogen-bond acceptors (Lipinski definition) is 2. The Balaban J connectivity index is 0.00000200. The van der Waals surface area contributed by atoms with Gasteiger partial charge in [-0.05, 0) is 38.5 Å². The normalized spacial score (nSPS) is 10.5. The van der Waals surface area contributed by atoms with Crippen molar-refractivity contribution < 1.29 is 8.78 Å². The van der Waals surface area contributed by atoms with Crippen LogP contribution in [0.25, 0.3) is 0 Å². The van der Waals surface area contributed by atoms with E-state index in [1.54, 1.807) is 0 Å². The molecule has 0 saturated carbocycles. The summed E-state index contributed by atoms with van der Waals surface area (Å²) in [7, 11) is 0. The zero-order chi connectivity index (χ0) is 14.0. The van der Waals surface area contributed by atoms with Crippen LogP contribution in [0.1, 0.15) is 31.1 Å². The van der Waals surface area contributed by atoms with Crippen molar-refractivity contribution in [1.29, 1.82) is 0 Å². The van der Waals surface area contributed by atoms with Gasteiger partial charge in [-0.15, -0.1) is 12.4 Å². The van der Waals surface area contributed by atoms with E-state index in [0.29, 0.717) is 12.1 Å². The molecule has 1 aromatic heterocycles. The van der Waals surface area contributed by atoms with E-state index in [0.717, 1.165) is 17.4 Å². The summed E-state index contributed by atoms with van der Waals surface area (Å²) in [4.78, 5) is 0. The van der Waals surface area contributed by atoms with Crippen molar-refractivity contribution in [3.8, 4) is 0 Å². The molecule has 1 aromatic carbocycles. The fourth-order valence-electron chi connectivity index (χ4n) is 1.83. The molecule has 0 radical (unpaired) electrons. The summed E-state index contributed by atoms with van der Waals surface area (Å²) in [5.74, 6) is -1.13. The van der Waals surface area contributed by atoms with E-state index in [1.807, 2.05) is 31.6 Å². The van der Waals surface area contributed by atoms with Crippen LogP contribution in [0.15, 0.2) is 24.4 Å². The Morgan fingerprint density at radius 3 is 2.30 bits per heavy atom. The van der Waals surface area contributed by atoms with Gasteiger partial charge in [-0.3, -0.25) is 4.68 Å².